The van der Waals surface area contributed by atoms with Crippen LogP contribution in [0.25, 0.3) is 33.3 Å². The number of anilines is 1. The molecule has 3 aromatic heterocycles. The third-order valence-corrected chi connectivity index (χ3v) is 6.81. The van der Waals surface area contributed by atoms with Crippen molar-refractivity contribution in [2.45, 2.75) is 20.0 Å². The Hall–Kier alpha value is -4.21. The predicted molar refractivity (Wildman–Crippen MR) is 154 cm³/mol. The van der Waals surface area contributed by atoms with Gasteiger partial charge in [0.1, 0.15) is 17.9 Å². The van der Waals surface area contributed by atoms with Gasteiger partial charge in [-0.15, -0.1) is 0 Å². The van der Waals surface area contributed by atoms with Crippen molar-refractivity contribution in [3.8, 4) is 11.4 Å². The van der Waals surface area contributed by atoms with Crippen LogP contribution in [-0.2, 0) is 17.8 Å². The van der Waals surface area contributed by atoms with Crippen molar-refractivity contribution >= 4 is 45.2 Å². The summed E-state index contributed by atoms with van der Waals surface area (Å²) in [5.41, 5.74) is 13.0. The number of nitrogen functional groups attached to an aromatic ring is 1. The van der Waals surface area contributed by atoms with E-state index in [1.807, 2.05) is 42.6 Å². The van der Waals surface area contributed by atoms with Crippen LogP contribution in [0.1, 0.15) is 18.1 Å². The van der Waals surface area contributed by atoms with E-state index in [4.69, 9.17) is 15.5 Å². The zero-order valence-electron chi connectivity index (χ0n) is 21.2. The quantitative estimate of drug-likeness (QED) is 0.168. The molecular formula is C29H30N6O2S. The van der Waals surface area contributed by atoms with Gasteiger partial charge in [0.25, 0.3) is 0 Å². The summed E-state index contributed by atoms with van der Waals surface area (Å²) in [4.78, 5) is 21.5. The van der Waals surface area contributed by atoms with E-state index >= 15 is 0 Å². The molecule has 1 amide bonds. The lowest BCUT2D eigenvalue weighted by molar-refractivity contribution is 0.146. The van der Waals surface area contributed by atoms with Crippen LogP contribution in [0.4, 0.5) is 10.6 Å². The minimum Gasteiger partial charge on any atom is -0.448 e. The standard InChI is InChI=1S/C29H30N6O2S/c1-19(2)15-31-12-13-37-29(36)32-16-20-7-9-21(10-8-20)17-35-26-23-5-3-4-6-24(23)33-27(30)25(26)34-28(35)22-11-14-38-18-22/h3-11,14,18,31H,1,12-13,15-17H2,2H3,(H2,30,33)(H,32,36). The van der Waals surface area contributed by atoms with Crippen LogP contribution in [0.5, 0.6) is 0 Å². The van der Waals surface area contributed by atoms with Crippen LogP contribution in [0.15, 0.2) is 77.5 Å². The number of hydrogen-bond donors (Lipinski definition) is 3. The van der Waals surface area contributed by atoms with Gasteiger partial charge >= 0.3 is 6.09 Å². The number of nitrogens with zero attached hydrogens (tertiary/aromatic N) is 3. The second-order valence-corrected chi connectivity index (χ2v) is 9.96. The second-order valence-electron chi connectivity index (χ2n) is 9.18. The first kappa shape index (κ1) is 25.4. The number of rotatable bonds is 10. The van der Waals surface area contributed by atoms with Crippen molar-refractivity contribution < 1.29 is 9.53 Å². The number of pyridine rings is 1. The van der Waals surface area contributed by atoms with Gasteiger partial charge in [-0.2, -0.15) is 11.3 Å². The van der Waals surface area contributed by atoms with Crippen LogP contribution in [0, 0.1) is 0 Å². The lowest BCUT2D eigenvalue weighted by Crippen LogP contribution is -2.28. The van der Waals surface area contributed by atoms with Crippen molar-refractivity contribution in [3.05, 3.63) is 88.6 Å². The third-order valence-electron chi connectivity index (χ3n) is 6.13. The molecule has 0 radical (unpaired) electrons. The molecule has 0 aliphatic carbocycles. The lowest BCUT2D eigenvalue weighted by atomic mass is 10.1. The predicted octanol–water partition coefficient (Wildman–Crippen LogP) is 5.34. The molecule has 0 unspecified atom stereocenters. The summed E-state index contributed by atoms with van der Waals surface area (Å²) in [5.74, 6) is 1.28. The largest absolute Gasteiger partial charge is 0.448 e. The van der Waals surface area contributed by atoms with Gasteiger partial charge in [-0.05, 0) is 35.6 Å². The van der Waals surface area contributed by atoms with Crippen LogP contribution < -0.4 is 16.4 Å². The number of imidazole rings is 1. The third kappa shape index (κ3) is 5.69. The van der Waals surface area contributed by atoms with Crippen molar-refractivity contribution in [1.82, 2.24) is 25.2 Å². The molecule has 2 aromatic carbocycles. The summed E-state index contributed by atoms with van der Waals surface area (Å²) < 4.78 is 7.42. The van der Waals surface area contributed by atoms with Crippen molar-refractivity contribution in [2.24, 2.45) is 0 Å². The first-order chi connectivity index (χ1) is 18.5. The summed E-state index contributed by atoms with van der Waals surface area (Å²) in [6, 6.07) is 18.2. The molecule has 9 heteroatoms. The molecule has 4 N–H and O–H groups in total. The van der Waals surface area contributed by atoms with E-state index in [2.05, 4.69) is 56.4 Å². The molecule has 0 bridgehead atoms. The molecular weight excluding hydrogens is 496 g/mol. The Balaban J connectivity index is 1.32. The van der Waals surface area contributed by atoms with Gasteiger partial charge in [-0.1, -0.05) is 54.6 Å². The summed E-state index contributed by atoms with van der Waals surface area (Å²) in [6.45, 7) is 8.37. The molecule has 0 aliphatic rings. The molecule has 0 spiro atoms. The minimum atomic E-state index is -0.436. The molecule has 0 fully saturated rings. The van der Waals surface area contributed by atoms with Gasteiger partial charge < -0.3 is 25.7 Å². The first-order valence-electron chi connectivity index (χ1n) is 12.4. The Labute approximate surface area is 225 Å². The van der Waals surface area contributed by atoms with E-state index in [1.165, 1.54) is 0 Å². The fraction of sp³-hybridized carbons (Fsp3) is 0.207. The van der Waals surface area contributed by atoms with Gasteiger partial charge in [0.2, 0.25) is 0 Å². The smallest absolute Gasteiger partial charge is 0.407 e. The van der Waals surface area contributed by atoms with E-state index in [1.54, 1.807) is 11.3 Å². The van der Waals surface area contributed by atoms with Gasteiger partial charge in [-0.3, -0.25) is 0 Å². The van der Waals surface area contributed by atoms with E-state index in [0.29, 0.717) is 44.1 Å². The SMILES string of the molecule is C=C(C)CNCCOC(=O)NCc1ccc(Cn2c(-c3ccsc3)nc3c(N)nc4ccccc4c32)cc1. The number of ether oxygens (including phenoxy) is 1. The highest BCUT2D eigenvalue weighted by molar-refractivity contribution is 7.08. The van der Waals surface area contributed by atoms with Crippen molar-refractivity contribution in [2.75, 3.05) is 25.4 Å². The molecule has 0 saturated heterocycles. The number of carbonyl (C=O) groups is 1. The maximum absolute atomic E-state index is 12.0. The normalized spacial score (nSPS) is 11.2. The Morgan fingerprint density at radius 3 is 2.66 bits per heavy atom. The number of benzene rings is 2. The maximum Gasteiger partial charge on any atom is 0.407 e. The molecule has 0 atom stereocenters. The molecule has 38 heavy (non-hydrogen) atoms. The van der Waals surface area contributed by atoms with Crippen LogP contribution in [0.3, 0.4) is 0 Å². The van der Waals surface area contributed by atoms with Crippen LogP contribution >= 0.6 is 11.3 Å². The molecule has 5 rings (SSSR count). The van der Waals surface area contributed by atoms with E-state index in [-0.39, 0.29) is 0 Å². The van der Waals surface area contributed by atoms with E-state index < -0.39 is 6.09 Å². The highest BCUT2D eigenvalue weighted by Gasteiger charge is 2.19. The average molecular weight is 527 g/mol. The molecule has 3 heterocycles. The topological polar surface area (TPSA) is 107 Å². The number of nitrogens with one attached hydrogen (secondary N) is 2. The van der Waals surface area contributed by atoms with E-state index in [9.17, 15) is 4.79 Å². The Morgan fingerprint density at radius 2 is 1.89 bits per heavy atom. The monoisotopic (exact) mass is 526 g/mol. The Kier molecular flexibility index (Phi) is 7.67. The number of fused-ring (bicyclic) bond motifs is 3. The Morgan fingerprint density at radius 1 is 1.11 bits per heavy atom. The fourth-order valence-electron chi connectivity index (χ4n) is 4.31. The number of hydrogen-bond acceptors (Lipinski definition) is 7. The highest BCUT2D eigenvalue weighted by atomic mass is 32.1. The van der Waals surface area contributed by atoms with Crippen molar-refractivity contribution in [3.63, 3.8) is 0 Å². The number of alkyl carbamates (subject to hydrolysis) is 1. The number of amides is 1. The maximum atomic E-state index is 12.0. The van der Waals surface area contributed by atoms with Crippen molar-refractivity contribution in [1.29, 1.82) is 0 Å². The molecule has 5 aromatic rings. The van der Waals surface area contributed by atoms with Gasteiger partial charge in [-0.25, -0.2) is 14.8 Å². The average Bonchev–Trinajstić information content (AvgIpc) is 3.57. The summed E-state index contributed by atoms with van der Waals surface area (Å²) in [6.07, 6.45) is -0.436. The lowest BCUT2D eigenvalue weighted by Gasteiger charge is -2.12. The van der Waals surface area contributed by atoms with Gasteiger partial charge in [0, 0.05) is 42.5 Å². The fourth-order valence-corrected chi connectivity index (χ4v) is 4.95. The molecule has 194 valence electrons. The number of thiophene rings is 1. The molecule has 8 nitrogen and oxygen atoms in total. The summed E-state index contributed by atoms with van der Waals surface area (Å²) in [7, 11) is 0. The zero-order valence-corrected chi connectivity index (χ0v) is 22.1. The van der Waals surface area contributed by atoms with Crippen LogP contribution in [-0.4, -0.2) is 40.3 Å². The zero-order chi connectivity index (χ0) is 26.5. The minimum absolute atomic E-state index is 0.304. The second kappa shape index (κ2) is 11.5. The first-order valence-corrected chi connectivity index (χ1v) is 13.3. The summed E-state index contributed by atoms with van der Waals surface area (Å²) in [5, 5.41) is 11.1. The number of carbonyl (C=O) groups excluding carboxylic acids is 1. The van der Waals surface area contributed by atoms with Gasteiger partial charge in [0.15, 0.2) is 5.82 Å². The molecule has 0 aliphatic heterocycles. The van der Waals surface area contributed by atoms with E-state index in [0.717, 1.165) is 44.5 Å². The summed E-state index contributed by atoms with van der Waals surface area (Å²) >= 11 is 1.63. The number of aromatic nitrogens is 3. The van der Waals surface area contributed by atoms with Gasteiger partial charge in [0.05, 0.1) is 11.0 Å². The Bertz CT molecular complexity index is 1570. The number of nitrogens with two attached hydrogens (primary N) is 1. The number of para-hydroxylation sites is 1. The molecule has 0 saturated carbocycles. The van der Waals surface area contributed by atoms with Crippen LogP contribution in [0.2, 0.25) is 0 Å². The highest BCUT2D eigenvalue weighted by Crippen LogP contribution is 2.33.